The van der Waals surface area contributed by atoms with Gasteiger partial charge < -0.3 is 5.32 Å². The molecule has 1 amide bonds. The van der Waals surface area contributed by atoms with Crippen LogP contribution in [0.2, 0.25) is 0 Å². The van der Waals surface area contributed by atoms with Crippen LogP contribution in [0.3, 0.4) is 0 Å². The predicted molar refractivity (Wildman–Crippen MR) is 103 cm³/mol. The molecule has 0 unspecified atom stereocenters. The molecule has 6 nitrogen and oxygen atoms in total. The van der Waals surface area contributed by atoms with Crippen molar-refractivity contribution in [3.8, 4) is 11.3 Å². The molecular weight excluding hydrogens is 403 g/mol. The van der Waals surface area contributed by atoms with Crippen molar-refractivity contribution in [2.75, 3.05) is 5.32 Å². The topological polar surface area (TPSA) is 72.2 Å². The van der Waals surface area contributed by atoms with Crippen LogP contribution in [0.25, 0.3) is 16.9 Å². The summed E-state index contributed by atoms with van der Waals surface area (Å²) in [6, 6.07) is 6.87. The Morgan fingerprint density at radius 3 is 2.59 bits per heavy atom. The molecule has 0 aliphatic heterocycles. The van der Waals surface area contributed by atoms with Gasteiger partial charge >= 0.3 is 6.18 Å². The number of benzene rings is 1. The van der Waals surface area contributed by atoms with Gasteiger partial charge in [-0.1, -0.05) is 18.2 Å². The lowest BCUT2D eigenvalue weighted by Gasteiger charge is -2.14. The Morgan fingerprint density at radius 2 is 1.90 bits per heavy atom. The van der Waals surface area contributed by atoms with E-state index in [1.807, 2.05) is 6.92 Å². The molecule has 0 atom stereocenters. The van der Waals surface area contributed by atoms with Gasteiger partial charge in [-0.3, -0.25) is 4.79 Å². The van der Waals surface area contributed by atoms with Crippen molar-refractivity contribution < 1.29 is 18.0 Å². The fraction of sp³-hybridized carbons (Fsp3) is 0.158. The first-order valence-electron chi connectivity index (χ1n) is 8.50. The maximum absolute atomic E-state index is 13.5. The second kappa shape index (κ2) is 6.96. The minimum Gasteiger partial charge on any atom is -0.303 e. The monoisotopic (exact) mass is 417 g/mol. The number of carbonyl (C=O) groups is 1. The number of carbonyl (C=O) groups excluding carboxylic acids is 1. The summed E-state index contributed by atoms with van der Waals surface area (Å²) in [6.07, 6.45) is -1.53. The third-order valence-corrected chi connectivity index (χ3v) is 5.14. The largest absolute Gasteiger partial charge is 0.417 e. The molecule has 0 saturated heterocycles. The van der Waals surface area contributed by atoms with Crippen molar-refractivity contribution in [1.82, 2.24) is 19.6 Å². The molecule has 0 spiro atoms. The summed E-state index contributed by atoms with van der Waals surface area (Å²) in [4.78, 5) is 21.5. The van der Waals surface area contributed by atoms with Gasteiger partial charge in [0, 0.05) is 16.6 Å². The molecule has 1 aromatic carbocycles. The number of hydrogen-bond donors (Lipinski definition) is 1. The number of aromatic nitrogens is 4. The Kier molecular flexibility index (Phi) is 4.58. The van der Waals surface area contributed by atoms with Gasteiger partial charge in [-0.2, -0.15) is 22.8 Å². The first-order valence-corrected chi connectivity index (χ1v) is 9.31. The number of anilines is 1. The van der Waals surface area contributed by atoms with E-state index in [1.54, 1.807) is 19.2 Å². The Balaban J connectivity index is 1.80. The van der Waals surface area contributed by atoms with Crippen molar-refractivity contribution in [3.63, 3.8) is 0 Å². The van der Waals surface area contributed by atoms with Gasteiger partial charge in [0.2, 0.25) is 0 Å². The molecule has 0 saturated carbocycles. The van der Waals surface area contributed by atoms with Gasteiger partial charge in [0.1, 0.15) is 0 Å². The average molecular weight is 417 g/mol. The fourth-order valence-electron chi connectivity index (χ4n) is 2.92. The van der Waals surface area contributed by atoms with Crippen molar-refractivity contribution in [3.05, 3.63) is 63.7 Å². The van der Waals surface area contributed by atoms with E-state index in [1.165, 1.54) is 40.2 Å². The van der Waals surface area contributed by atoms with Crippen molar-refractivity contribution in [1.29, 1.82) is 0 Å². The molecule has 3 heterocycles. The van der Waals surface area contributed by atoms with Crippen LogP contribution in [-0.4, -0.2) is 25.5 Å². The van der Waals surface area contributed by atoms with Gasteiger partial charge in [0.15, 0.2) is 16.5 Å². The Labute approximate surface area is 167 Å². The van der Waals surface area contributed by atoms with Gasteiger partial charge in [-0.05, 0) is 31.5 Å². The Bertz CT molecular complexity index is 1230. The van der Waals surface area contributed by atoms with E-state index < -0.39 is 17.6 Å². The standard InChI is InChI=1S/C19H14F3N5OS/c1-10-7-14-23-9-15(25-17(28)18-24-8-11(2)29-18)27(14)26-16(10)12-5-3-4-6-13(12)19(20,21)22/h3-9H,1-2H3,(H,25,28). The molecule has 1 N–H and O–H groups in total. The molecule has 29 heavy (non-hydrogen) atoms. The van der Waals surface area contributed by atoms with Gasteiger partial charge in [-0.25, -0.2) is 9.97 Å². The summed E-state index contributed by atoms with van der Waals surface area (Å²) in [6.45, 7) is 3.50. The summed E-state index contributed by atoms with van der Waals surface area (Å²) < 4.78 is 41.7. The van der Waals surface area contributed by atoms with Crippen molar-refractivity contribution in [2.45, 2.75) is 20.0 Å². The third kappa shape index (κ3) is 3.58. The smallest absolute Gasteiger partial charge is 0.303 e. The molecule has 0 fully saturated rings. The number of amides is 1. The predicted octanol–water partition coefficient (Wildman–Crippen LogP) is 4.74. The highest BCUT2D eigenvalue weighted by Crippen LogP contribution is 2.37. The minimum atomic E-state index is -4.52. The van der Waals surface area contributed by atoms with Gasteiger partial charge in [0.25, 0.3) is 5.91 Å². The summed E-state index contributed by atoms with van der Waals surface area (Å²) in [5, 5.41) is 7.29. The molecular formula is C19H14F3N5OS. The van der Waals surface area contributed by atoms with E-state index in [4.69, 9.17) is 0 Å². The molecule has 4 rings (SSSR count). The molecule has 0 bridgehead atoms. The number of fused-ring (bicyclic) bond motifs is 1. The van der Waals surface area contributed by atoms with E-state index in [2.05, 4.69) is 20.4 Å². The van der Waals surface area contributed by atoms with E-state index >= 15 is 0 Å². The average Bonchev–Trinajstić information content (AvgIpc) is 3.26. The fourth-order valence-corrected chi connectivity index (χ4v) is 3.58. The second-order valence-electron chi connectivity index (χ2n) is 6.36. The maximum Gasteiger partial charge on any atom is 0.417 e. The first kappa shape index (κ1) is 19.1. The molecule has 0 aliphatic rings. The van der Waals surface area contributed by atoms with E-state index in [9.17, 15) is 18.0 Å². The van der Waals surface area contributed by atoms with Crippen molar-refractivity contribution >= 4 is 28.7 Å². The van der Waals surface area contributed by atoms with Crippen molar-refractivity contribution in [2.24, 2.45) is 0 Å². The van der Waals surface area contributed by atoms with Crippen LogP contribution in [0, 0.1) is 13.8 Å². The third-order valence-electron chi connectivity index (χ3n) is 4.23. The lowest BCUT2D eigenvalue weighted by Crippen LogP contribution is -2.14. The minimum absolute atomic E-state index is 0.0408. The summed E-state index contributed by atoms with van der Waals surface area (Å²) in [7, 11) is 0. The molecule has 0 aliphatic carbocycles. The van der Waals surface area contributed by atoms with E-state index in [-0.39, 0.29) is 22.1 Å². The zero-order valence-electron chi connectivity index (χ0n) is 15.3. The number of aryl methyl sites for hydroxylation is 2. The number of imidazole rings is 1. The highest BCUT2D eigenvalue weighted by Gasteiger charge is 2.34. The number of thiazole rings is 1. The van der Waals surface area contributed by atoms with Crippen LogP contribution in [0.5, 0.6) is 0 Å². The number of alkyl halides is 3. The summed E-state index contributed by atoms with van der Waals surface area (Å²) in [5.41, 5.74) is 0.276. The van der Waals surface area contributed by atoms with Crippen LogP contribution < -0.4 is 5.32 Å². The van der Waals surface area contributed by atoms with Crippen LogP contribution in [-0.2, 0) is 6.18 Å². The SMILES string of the molecule is Cc1cnc(C(=O)Nc2cnc3cc(C)c(-c4ccccc4C(F)(F)F)nn23)s1. The Morgan fingerprint density at radius 1 is 1.14 bits per heavy atom. The normalized spacial score (nSPS) is 11.8. The molecule has 4 aromatic rings. The lowest BCUT2D eigenvalue weighted by molar-refractivity contribution is -0.137. The van der Waals surface area contributed by atoms with Crippen LogP contribution in [0.15, 0.2) is 42.7 Å². The quantitative estimate of drug-likeness (QED) is 0.523. The molecule has 10 heteroatoms. The van der Waals surface area contributed by atoms with E-state index in [0.717, 1.165) is 10.9 Å². The van der Waals surface area contributed by atoms with E-state index in [0.29, 0.717) is 11.2 Å². The number of hydrogen-bond acceptors (Lipinski definition) is 5. The van der Waals surface area contributed by atoms with Gasteiger partial charge in [0.05, 0.1) is 17.5 Å². The molecule has 148 valence electrons. The first-order chi connectivity index (χ1) is 13.7. The van der Waals surface area contributed by atoms with Crippen LogP contribution in [0.4, 0.5) is 19.0 Å². The number of halogens is 3. The van der Waals surface area contributed by atoms with Crippen LogP contribution >= 0.6 is 11.3 Å². The lowest BCUT2D eigenvalue weighted by atomic mass is 10.0. The zero-order valence-corrected chi connectivity index (χ0v) is 16.1. The number of nitrogens with one attached hydrogen (secondary N) is 1. The number of rotatable bonds is 3. The molecule has 3 aromatic heterocycles. The highest BCUT2D eigenvalue weighted by atomic mass is 32.1. The molecule has 0 radical (unpaired) electrons. The zero-order chi connectivity index (χ0) is 20.8. The highest BCUT2D eigenvalue weighted by molar-refractivity contribution is 7.13. The number of nitrogens with zero attached hydrogens (tertiary/aromatic N) is 4. The summed E-state index contributed by atoms with van der Waals surface area (Å²) in [5.74, 6) is -0.201. The maximum atomic E-state index is 13.5. The summed E-state index contributed by atoms with van der Waals surface area (Å²) >= 11 is 1.23. The Hall–Kier alpha value is -3.27. The van der Waals surface area contributed by atoms with Crippen LogP contribution in [0.1, 0.15) is 25.8 Å². The second-order valence-corrected chi connectivity index (χ2v) is 7.60. The van der Waals surface area contributed by atoms with Gasteiger partial charge in [-0.15, -0.1) is 11.3 Å².